The number of aryl methyl sites for hydroxylation is 1. The molecule has 4 nitrogen and oxygen atoms in total. The number of para-hydroxylation sites is 1. The fourth-order valence-electron chi connectivity index (χ4n) is 2.33. The fraction of sp³-hybridized carbons (Fsp3) is 0.533. The Labute approximate surface area is 139 Å². The fourth-order valence-corrected chi connectivity index (χ4v) is 2.33. The lowest BCUT2D eigenvalue weighted by molar-refractivity contribution is -0.274. The van der Waals surface area contributed by atoms with Crippen LogP contribution in [0.2, 0.25) is 0 Å². The Morgan fingerprint density at radius 1 is 1.35 bits per heavy atom. The first-order valence-corrected chi connectivity index (χ1v) is 7.22. The minimum atomic E-state index is -4.74. The van der Waals surface area contributed by atoms with Gasteiger partial charge < -0.3 is 15.8 Å². The molecular weight excluding hydrogens is 333 g/mol. The molecule has 0 aromatic heterocycles. The number of nitrogens with two attached hydrogens (primary N) is 1. The van der Waals surface area contributed by atoms with Gasteiger partial charge in [-0.3, -0.25) is 4.79 Å². The van der Waals surface area contributed by atoms with E-state index in [-0.39, 0.29) is 42.9 Å². The summed E-state index contributed by atoms with van der Waals surface area (Å²) in [6.07, 6.45) is -2.34. The highest BCUT2D eigenvalue weighted by molar-refractivity contribution is 5.85. The van der Waals surface area contributed by atoms with E-state index in [1.54, 1.807) is 6.07 Å². The summed E-state index contributed by atoms with van der Waals surface area (Å²) in [7, 11) is 0. The monoisotopic (exact) mass is 352 g/mol. The van der Waals surface area contributed by atoms with Crippen LogP contribution in [0.3, 0.4) is 0 Å². The number of carbonyl (C=O) groups is 1. The SMILES string of the molecule is Cl.NCC(NC(=O)CCc1ccccc1OC(F)(F)F)C1CC1. The van der Waals surface area contributed by atoms with E-state index in [9.17, 15) is 18.0 Å². The molecule has 8 heteroatoms. The summed E-state index contributed by atoms with van der Waals surface area (Å²) in [5, 5.41) is 2.84. The first-order valence-electron chi connectivity index (χ1n) is 7.22. The van der Waals surface area contributed by atoms with Crippen molar-refractivity contribution in [2.75, 3.05) is 6.54 Å². The Kier molecular flexibility index (Phi) is 7.15. The number of alkyl halides is 3. The lowest BCUT2D eigenvalue weighted by Crippen LogP contribution is -2.41. The van der Waals surface area contributed by atoms with Gasteiger partial charge in [0.05, 0.1) is 0 Å². The lowest BCUT2D eigenvalue weighted by atomic mass is 10.1. The van der Waals surface area contributed by atoms with Gasteiger partial charge in [-0.2, -0.15) is 0 Å². The van der Waals surface area contributed by atoms with Crippen LogP contribution in [0.1, 0.15) is 24.8 Å². The molecule has 1 atom stereocenters. The Hall–Kier alpha value is -1.47. The maximum Gasteiger partial charge on any atom is 0.573 e. The third-order valence-corrected chi connectivity index (χ3v) is 3.61. The second-order valence-corrected chi connectivity index (χ2v) is 5.40. The lowest BCUT2D eigenvalue weighted by Gasteiger charge is -2.16. The summed E-state index contributed by atoms with van der Waals surface area (Å²) in [5.41, 5.74) is 5.96. The van der Waals surface area contributed by atoms with Gasteiger partial charge in [0.25, 0.3) is 0 Å². The van der Waals surface area contributed by atoms with E-state index in [1.165, 1.54) is 18.2 Å². The standard InChI is InChI=1S/C15H19F3N2O2.ClH/c16-15(17,18)22-13-4-2-1-3-11(13)7-8-14(21)20-12(9-19)10-5-6-10;/h1-4,10,12H,5-9,19H2,(H,20,21);1H. The van der Waals surface area contributed by atoms with Crippen molar-refractivity contribution < 1.29 is 22.7 Å². The van der Waals surface area contributed by atoms with E-state index in [1.807, 2.05) is 0 Å². The number of hydrogen-bond donors (Lipinski definition) is 2. The van der Waals surface area contributed by atoms with Gasteiger partial charge in [0, 0.05) is 19.0 Å². The topological polar surface area (TPSA) is 64.3 Å². The van der Waals surface area contributed by atoms with Gasteiger partial charge >= 0.3 is 6.36 Å². The normalized spacial score (nSPS) is 15.5. The number of carbonyl (C=O) groups excluding carboxylic acids is 1. The van der Waals surface area contributed by atoms with Crippen molar-refractivity contribution in [1.29, 1.82) is 0 Å². The number of rotatable bonds is 7. The summed E-state index contributed by atoms with van der Waals surface area (Å²) >= 11 is 0. The van der Waals surface area contributed by atoms with Crippen molar-refractivity contribution in [3.05, 3.63) is 29.8 Å². The zero-order valence-corrected chi connectivity index (χ0v) is 13.3. The first kappa shape index (κ1) is 19.6. The molecule has 0 spiro atoms. The molecule has 1 aliphatic rings. The molecule has 3 N–H and O–H groups in total. The minimum absolute atomic E-state index is 0. The molecule has 130 valence electrons. The number of nitrogens with one attached hydrogen (secondary N) is 1. The largest absolute Gasteiger partial charge is 0.573 e. The number of benzene rings is 1. The van der Waals surface area contributed by atoms with Gasteiger partial charge in [0.1, 0.15) is 5.75 Å². The molecule has 1 aromatic rings. The predicted octanol–water partition coefficient (Wildman–Crippen LogP) is 2.79. The molecule has 0 radical (unpaired) electrons. The molecule has 1 aromatic carbocycles. The summed E-state index contributed by atoms with van der Waals surface area (Å²) < 4.78 is 40.9. The molecule has 1 saturated carbocycles. The van der Waals surface area contributed by atoms with Crippen LogP contribution in [0.25, 0.3) is 0 Å². The van der Waals surface area contributed by atoms with Crippen LogP contribution < -0.4 is 15.8 Å². The van der Waals surface area contributed by atoms with Gasteiger partial charge in [-0.15, -0.1) is 25.6 Å². The Bertz CT molecular complexity index is 522. The van der Waals surface area contributed by atoms with Crippen LogP contribution in [0.5, 0.6) is 5.75 Å². The van der Waals surface area contributed by atoms with Gasteiger partial charge in [0.2, 0.25) is 5.91 Å². The second-order valence-electron chi connectivity index (χ2n) is 5.40. The average molecular weight is 353 g/mol. The molecule has 0 heterocycles. The molecule has 0 bridgehead atoms. The highest BCUT2D eigenvalue weighted by atomic mass is 35.5. The van der Waals surface area contributed by atoms with Gasteiger partial charge in [-0.25, -0.2) is 0 Å². The van der Waals surface area contributed by atoms with E-state index >= 15 is 0 Å². The van der Waals surface area contributed by atoms with Crippen molar-refractivity contribution in [2.45, 2.75) is 38.1 Å². The number of amides is 1. The third-order valence-electron chi connectivity index (χ3n) is 3.61. The molecule has 0 saturated heterocycles. The Morgan fingerprint density at radius 3 is 2.57 bits per heavy atom. The van der Waals surface area contributed by atoms with Gasteiger partial charge in [-0.05, 0) is 36.8 Å². The third kappa shape index (κ3) is 6.66. The number of ether oxygens (including phenoxy) is 1. The van der Waals surface area contributed by atoms with Crippen molar-refractivity contribution in [3.63, 3.8) is 0 Å². The first-order chi connectivity index (χ1) is 10.4. The zero-order chi connectivity index (χ0) is 16.2. The van der Waals surface area contributed by atoms with Crippen LogP contribution in [0.15, 0.2) is 24.3 Å². The predicted molar refractivity (Wildman–Crippen MR) is 82.4 cm³/mol. The molecule has 1 aliphatic carbocycles. The van der Waals surface area contributed by atoms with Crippen molar-refractivity contribution >= 4 is 18.3 Å². The van der Waals surface area contributed by atoms with Crippen molar-refractivity contribution in [3.8, 4) is 5.75 Å². The van der Waals surface area contributed by atoms with Crippen LogP contribution in [-0.4, -0.2) is 24.9 Å². The summed E-state index contributed by atoms with van der Waals surface area (Å²) in [4.78, 5) is 11.9. The maximum absolute atomic E-state index is 12.3. The number of halogens is 4. The van der Waals surface area contributed by atoms with Gasteiger partial charge in [-0.1, -0.05) is 18.2 Å². The van der Waals surface area contributed by atoms with E-state index in [0.717, 1.165) is 12.8 Å². The summed E-state index contributed by atoms with van der Waals surface area (Å²) in [5.74, 6) is -0.0284. The Morgan fingerprint density at radius 2 is 2.00 bits per heavy atom. The van der Waals surface area contributed by atoms with Gasteiger partial charge in [0.15, 0.2) is 0 Å². The summed E-state index contributed by atoms with van der Waals surface area (Å²) in [6.45, 7) is 0.379. The smallest absolute Gasteiger partial charge is 0.406 e. The quantitative estimate of drug-likeness (QED) is 0.793. The van der Waals surface area contributed by atoms with E-state index in [2.05, 4.69) is 10.1 Å². The molecule has 0 aliphatic heterocycles. The zero-order valence-electron chi connectivity index (χ0n) is 12.4. The molecule has 1 unspecified atom stereocenters. The molecule has 23 heavy (non-hydrogen) atoms. The second kappa shape index (κ2) is 8.40. The highest BCUT2D eigenvalue weighted by Gasteiger charge is 2.32. The van der Waals surface area contributed by atoms with Crippen LogP contribution in [0, 0.1) is 5.92 Å². The molecule has 1 fully saturated rings. The van der Waals surface area contributed by atoms with E-state index < -0.39 is 6.36 Å². The molecule has 2 rings (SSSR count). The highest BCUT2D eigenvalue weighted by Crippen LogP contribution is 2.32. The van der Waals surface area contributed by atoms with Crippen LogP contribution in [-0.2, 0) is 11.2 Å². The van der Waals surface area contributed by atoms with Crippen molar-refractivity contribution in [2.24, 2.45) is 11.7 Å². The van der Waals surface area contributed by atoms with Crippen LogP contribution in [0.4, 0.5) is 13.2 Å². The van der Waals surface area contributed by atoms with E-state index in [0.29, 0.717) is 18.0 Å². The molecule has 1 amide bonds. The Balaban J connectivity index is 0.00000264. The van der Waals surface area contributed by atoms with Crippen LogP contribution >= 0.6 is 12.4 Å². The summed E-state index contributed by atoms with van der Waals surface area (Å²) in [6, 6.07) is 5.81. The number of hydrogen-bond acceptors (Lipinski definition) is 3. The minimum Gasteiger partial charge on any atom is -0.406 e. The average Bonchev–Trinajstić information content (AvgIpc) is 3.26. The van der Waals surface area contributed by atoms with E-state index in [4.69, 9.17) is 5.73 Å². The van der Waals surface area contributed by atoms with Crippen molar-refractivity contribution in [1.82, 2.24) is 5.32 Å². The molecular formula is C15H20ClF3N2O2. The maximum atomic E-state index is 12.3.